The molecule has 0 spiro atoms. The number of aliphatic hydroxyl groups excluding tert-OH is 1. The van der Waals surface area contributed by atoms with E-state index in [0.717, 1.165) is 38.5 Å². The molecule has 3 N–H and O–H groups in total. The lowest BCUT2D eigenvalue weighted by molar-refractivity contribution is -0.220. The highest BCUT2D eigenvalue weighted by atomic mass is 16.6. The van der Waals surface area contributed by atoms with Crippen molar-refractivity contribution in [1.29, 1.82) is 5.26 Å². The second-order valence-electron chi connectivity index (χ2n) is 10.1. The molecule has 5 aliphatic carbocycles. The van der Waals surface area contributed by atoms with Gasteiger partial charge in [0.25, 0.3) is 5.91 Å². The summed E-state index contributed by atoms with van der Waals surface area (Å²) in [6, 6.07) is 1.91. The van der Waals surface area contributed by atoms with Gasteiger partial charge in [-0.2, -0.15) is 5.26 Å². The van der Waals surface area contributed by atoms with Crippen molar-refractivity contribution in [1.82, 2.24) is 4.90 Å². The van der Waals surface area contributed by atoms with Crippen LogP contribution in [0.5, 0.6) is 0 Å². The highest BCUT2D eigenvalue weighted by molar-refractivity contribution is 5.86. The number of likely N-dealkylation sites (tertiary alicyclic amines) is 1. The summed E-state index contributed by atoms with van der Waals surface area (Å²) in [5.74, 6) is 0.981. The van der Waals surface area contributed by atoms with Crippen molar-refractivity contribution in [3.63, 3.8) is 0 Å². The lowest BCUT2D eigenvalue weighted by Gasteiger charge is -2.62. The van der Waals surface area contributed by atoms with Gasteiger partial charge in [0.2, 0.25) is 0 Å². The molecule has 0 aromatic heterocycles. The van der Waals surface area contributed by atoms with Gasteiger partial charge in [-0.1, -0.05) is 0 Å². The lowest BCUT2D eigenvalue weighted by Crippen LogP contribution is -2.64. The molecule has 6 rings (SSSR count). The fourth-order valence-electron chi connectivity index (χ4n) is 7.56. The zero-order chi connectivity index (χ0) is 20.4. The standard InChI is InChI=1S/C21H29N3O5/c22-10-15-4-14-5-16(14)24(15)18(26)17(29-19(23)27)20-6-12-3-13(7-20)9-21(8-12,11-20)28-2-1-25/h12-17,25H,1-9,11H2,(H2,23,27)/t12-,13?,14+,15-,16-,17+,20+,21-/m0/s1. The number of carbonyl (C=O) groups is 2. The molecule has 4 bridgehead atoms. The Morgan fingerprint density at radius 1 is 1.21 bits per heavy atom. The highest BCUT2D eigenvalue weighted by Gasteiger charge is 2.65. The third kappa shape index (κ3) is 3.01. The van der Waals surface area contributed by atoms with Gasteiger partial charge < -0.3 is 25.2 Å². The number of hydrogen-bond acceptors (Lipinski definition) is 6. The fourth-order valence-corrected chi connectivity index (χ4v) is 7.56. The maximum Gasteiger partial charge on any atom is 0.405 e. The van der Waals surface area contributed by atoms with Gasteiger partial charge in [-0.3, -0.25) is 4.79 Å². The van der Waals surface area contributed by atoms with Crippen LogP contribution in [0, 0.1) is 34.5 Å². The minimum absolute atomic E-state index is 0.0368. The number of nitrogens with zero attached hydrogens (tertiary/aromatic N) is 2. The molecule has 0 radical (unpaired) electrons. The number of aliphatic hydroxyl groups is 1. The second-order valence-corrected chi connectivity index (χ2v) is 10.1. The summed E-state index contributed by atoms with van der Waals surface area (Å²) >= 11 is 0. The Morgan fingerprint density at radius 2 is 1.93 bits per heavy atom. The normalized spacial score (nSPS) is 44.8. The Hall–Kier alpha value is -1.85. The Balaban J connectivity index is 1.47. The van der Waals surface area contributed by atoms with Gasteiger partial charge in [-0.05, 0) is 69.1 Å². The molecule has 6 fully saturated rings. The number of piperidine rings is 1. The molecule has 0 aromatic rings. The lowest BCUT2D eigenvalue weighted by atomic mass is 9.46. The average molecular weight is 403 g/mol. The van der Waals surface area contributed by atoms with E-state index in [0.29, 0.717) is 30.6 Å². The van der Waals surface area contributed by atoms with Crippen LogP contribution < -0.4 is 5.73 Å². The van der Waals surface area contributed by atoms with Crippen LogP contribution in [0.4, 0.5) is 4.79 Å². The molecule has 1 aliphatic heterocycles. The van der Waals surface area contributed by atoms with Gasteiger partial charge in [0.05, 0.1) is 24.9 Å². The van der Waals surface area contributed by atoms with Crippen molar-refractivity contribution in [2.24, 2.45) is 28.9 Å². The van der Waals surface area contributed by atoms with Gasteiger partial charge in [0, 0.05) is 11.5 Å². The number of nitrogens with two attached hydrogens (primary N) is 1. The molecule has 1 heterocycles. The largest absolute Gasteiger partial charge is 0.436 e. The first-order valence-corrected chi connectivity index (χ1v) is 10.8. The molecule has 2 amide bonds. The summed E-state index contributed by atoms with van der Waals surface area (Å²) in [5, 5.41) is 18.8. The molecular weight excluding hydrogens is 374 g/mol. The van der Waals surface area contributed by atoms with Crippen molar-refractivity contribution in [2.75, 3.05) is 13.2 Å². The first-order chi connectivity index (χ1) is 13.9. The minimum atomic E-state index is -0.960. The Bertz CT molecular complexity index is 750. The first-order valence-electron chi connectivity index (χ1n) is 10.8. The Kier molecular flexibility index (Phi) is 4.34. The number of amides is 2. The summed E-state index contributed by atoms with van der Waals surface area (Å²) in [6.45, 7) is 0.238. The molecule has 8 atom stereocenters. The van der Waals surface area contributed by atoms with Crippen LogP contribution in [-0.4, -0.2) is 59.0 Å². The van der Waals surface area contributed by atoms with Crippen LogP contribution in [0.3, 0.4) is 0 Å². The zero-order valence-corrected chi connectivity index (χ0v) is 16.6. The minimum Gasteiger partial charge on any atom is -0.436 e. The molecule has 29 heavy (non-hydrogen) atoms. The maximum atomic E-state index is 13.7. The van der Waals surface area contributed by atoms with E-state index in [4.69, 9.17) is 15.2 Å². The molecule has 1 saturated heterocycles. The number of hydrogen-bond donors (Lipinski definition) is 2. The first kappa shape index (κ1) is 19.1. The Morgan fingerprint density at radius 3 is 2.55 bits per heavy atom. The average Bonchev–Trinajstić information content (AvgIpc) is 3.32. The topological polar surface area (TPSA) is 126 Å². The van der Waals surface area contributed by atoms with Crippen LogP contribution in [-0.2, 0) is 14.3 Å². The molecule has 8 nitrogen and oxygen atoms in total. The molecule has 1 unspecified atom stereocenters. The monoisotopic (exact) mass is 403 g/mol. The summed E-state index contributed by atoms with van der Waals surface area (Å²) in [7, 11) is 0. The molecular formula is C21H29N3O5. The van der Waals surface area contributed by atoms with E-state index in [1.807, 2.05) is 0 Å². The molecule has 6 aliphatic rings. The van der Waals surface area contributed by atoms with Crippen LogP contribution in [0.1, 0.15) is 51.4 Å². The predicted octanol–water partition coefficient (Wildman–Crippen LogP) is 1.31. The van der Waals surface area contributed by atoms with E-state index in [1.54, 1.807) is 4.90 Å². The molecule has 158 valence electrons. The van der Waals surface area contributed by atoms with Crippen molar-refractivity contribution in [2.45, 2.75) is 75.2 Å². The van der Waals surface area contributed by atoms with Crippen LogP contribution in [0.15, 0.2) is 0 Å². The quantitative estimate of drug-likeness (QED) is 0.689. The van der Waals surface area contributed by atoms with E-state index in [1.165, 1.54) is 0 Å². The van der Waals surface area contributed by atoms with Gasteiger partial charge in [-0.15, -0.1) is 0 Å². The SMILES string of the molecule is N#C[C@@H]1C[C@@H]2C[C@@H]2N1C(=O)[C@@H](OC(N)=O)[C@]12CC3C[C@H](C[C@](OCCO)(C3)C1)C2. The zero-order valence-electron chi connectivity index (χ0n) is 16.6. The van der Waals surface area contributed by atoms with E-state index in [-0.39, 0.29) is 30.8 Å². The number of primary amides is 1. The fraction of sp³-hybridized carbons (Fsp3) is 0.857. The van der Waals surface area contributed by atoms with Crippen molar-refractivity contribution < 1.29 is 24.2 Å². The number of fused-ring (bicyclic) bond motifs is 1. The van der Waals surface area contributed by atoms with Crippen molar-refractivity contribution >= 4 is 12.0 Å². The van der Waals surface area contributed by atoms with Crippen LogP contribution >= 0.6 is 0 Å². The summed E-state index contributed by atoms with van der Waals surface area (Å²) in [5.41, 5.74) is 4.54. The number of rotatable bonds is 6. The van der Waals surface area contributed by atoms with Gasteiger partial charge in [0.1, 0.15) is 6.04 Å². The van der Waals surface area contributed by atoms with Gasteiger partial charge in [-0.25, -0.2) is 4.79 Å². The smallest absolute Gasteiger partial charge is 0.405 e. The summed E-state index contributed by atoms with van der Waals surface area (Å²) in [4.78, 5) is 27.2. The third-order valence-electron chi connectivity index (χ3n) is 8.07. The van der Waals surface area contributed by atoms with Crippen molar-refractivity contribution in [3.05, 3.63) is 0 Å². The van der Waals surface area contributed by atoms with E-state index < -0.39 is 23.7 Å². The van der Waals surface area contributed by atoms with Crippen molar-refractivity contribution in [3.8, 4) is 6.07 Å². The second kappa shape index (κ2) is 6.58. The molecule has 0 aromatic carbocycles. The number of carbonyl (C=O) groups excluding carboxylic acids is 2. The van der Waals surface area contributed by atoms with E-state index in [2.05, 4.69) is 6.07 Å². The molecule has 5 saturated carbocycles. The number of ether oxygens (including phenoxy) is 2. The van der Waals surface area contributed by atoms with Crippen LogP contribution in [0.25, 0.3) is 0 Å². The van der Waals surface area contributed by atoms with Crippen LogP contribution in [0.2, 0.25) is 0 Å². The van der Waals surface area contributed by atoms with E-state index in [9.17, 15) is 20.0 Å². The highest BCUT2D eigenvalue weighted by Crippen LogP contribution is 2.65. The number of nitriles is 1. The van der Waals surface area contributed by atoms with E-state index >= 15 is 0 Å². The third-order valence-corrected chi connectivity index (χ3v) is 8.07. The van der Waals surface area contributed by atoms with Gasteiger partial charge in [0.15, 0.2) is 6.10 Å². The predicted molar refractivity (Wildman–Crippen MR) is 100 cm³/mol. The summed E-state index contributed by atoms with van der Waals surface area (Å²) in [6.07, 6.45) is 4.97. The Labute approximate surface area is 170 Å². The summed E-state index contributed by atoms with van der Waals surface area (Å²) < 4.78 is 11.7. The molecule has 8 heteroatoms. The van der Waals surface area contributed by atoms with Gasteiger partial charge >= 0.3 is 6.09 Å². The maximum absolute atomic E-state index is 13.7.